The fourth-order valence-corrected chi connectivity index (χ4v) is 2.44. The second-order valence-electron chi connectivity index (χ2n) is 5.12. The Morgan fingerprint density at radius 3 is 2.78 bits per heavy atom. The summed E-state index contributed by atoms with van der Waals surface area (Å²) in [5, 5.41) is 6.30. The minimum Gasteiger partial charge on any atom is -0.356 e. The van der Waals surface area contributed by atoms with Crippen LogP contribution in [0.2, 0.25) is 0 Å². The van der Waals surface area contributed by atoms with Crippen molar-refractivity contribution >= 4 is 5.91 Å². The van der Waals surface area contributed by atoms with Gasteiger partial charge in [0.15, 0.2) is 0 Å². The summed E-state index contributed by atoms with van der Waals surface area (Å²) >= 11 is 0. The van der Waals surface area contributed by atoms with Gasteiger partial charge in [0.1, 0.15) is 0 Å². The predicted octanol–water partition coefficient (Wildman–Crippen LogP) is 1.59. The third-order valence-electron chi connectivity index (χ3n) is 3.64. The molecule has 1 heterocycles. The highest BCUT2D eigenvalue weighted by molar-refractivity contribution is 5.79. The number of nitrogens with one attached hydrogen (secondary N) is 2. The van der Waals surface area contributed by atoms with Crippen LogP contribution in [0.25, 0.3) is 0 Å². The quantitative estimate of drug-likeness (QED) is 0.775. The van der Waals surface area contributed by atoms with Gasteiger partial charge in [-0.1, -0.05) is 37.3 Å². The maximum atomic E-state index is 11.9. The molecule has 1 aliphatic heterocycles. The van der Waals surface area contributed by atoms with E-state index in [1.807, 2.05) is 6.07 Å². The first-order valence-electron chi connectivity index (χ1n) is 6.79. The molecule has 2 atom stereocenters. The van der Waals surface area contributed by atoms with Gasteiger partial charge < -0.3 is 10.6 Å². The topological polar surface area (TPSA) is 41.1 Å². The smallest absolute Gasteiger partial charge is 0.224 e. The van der Waals surface area contributed by atoms with Crippen molar-refractivity contribution in [2.45, 2.75) is 19.8 Å². The van der Waals surface area contributed by atoms with Crippen molar-refractivity contribution in [2.75, 3.05) is 19.6 Å². The molecule has 98 valence electrons. The third-order valence-corrected chi connectivity index (χ3v) is 3.64. The van der Waals surface area contributed by atoms with Gasteiger partial charge in [0.2, 0.25) is 5.91 Å². The summed E-state index contributed by atoms with van der Waals surface area (Å²) < 4.78 is 0. The summed E-state index contributed by atoms with van der Waals surface area (Å²) in [6, 6.07) is 10.4. The van der Waals surface area contributed by atoms with Gasteiger partial charge in [-0.3, -0.25) is 4.79 Å². The first-order chi connectivity index (χ1) is 8.77. The highest BCUT2D eigenvalue weighted by atomic mass is 16.1. The third kappa shape index (κ3) is 3.57. The fourth-order valence-electron chi connectivity index (χ4n) is 2.44. The Morgan fingerprint density at radius 1 is 1.33 bits per heavy atom. The molecule has 0 saturated carbocycles. The van der Waals surface area contributed by atoms with Crippen molar-refractivity contribution < 1.29 is 4.79 Å². The molecular formula is C15H22N2O. The predicted molar refractivity (Wildman–Crippen MR) is 73.3 cm³/mol. The number of hydrogen-bond acceptors (Lipinski definition) is 2. The molecule has 0 bridgehead atoms. The Morgan fingerprint density at radius 2 is 2.11 bits per heavy atom. The van der Waals surface area contributed by atoms with Crippen LogP contribution in [0, 0.1) is 11.8 Å². The van der Waals surface area contributed by atoms with Crippen LogP contribution in [0.3, 0.4) is 0 Å². The van der Waals surface area contributed by atoms with E-state index < -0.39 is 0 Å². The van der Waals surface area contributed by atoms with E-state index in [4.69, 9.17) is 0 Å². The molecule has 1 aromatic rings. The molecular weight excluding hydrogens is 224 g/mol. The summed E-state index contributed by atoms with van der Waals surface area (Å²) in [5.41, 5.74) is 1.34. The van der Waals surface area contributed by atoms with Crippen molar-refractivity contribution in [2.24, 2.45) is 11.8 Å². The van der Waals surface area contributed by atoms with E-state index in [1.165, 1.54) is 5.56 Å². The van der Waals surface area contributed by atoms with Crippen LogP contribution in [-0.4, -0.2) is 25.5 Å². The largest absolute Gasteiger partial charge is 0.356 e. The lowest BCUT2D eigenvalue weighted by Gasteiger charge is -2.14. The van der Waals surface area contributed by atoms with E-state index in [9.17, 15) is 4.79 Å². The number of carbonyl (C=O) groups excluding carboxylic acids is 1. The molecule has 3 heteroatoms. The average molecular weight is 246 g/mol. The zero-order chi connectivity index (χ0) is 12.8. The second kappa shape index (κ2) is 6.55. The van der Waals surface area contributed by atoms with Crippen LogP contribution < -0.4 is 10.6 Å². The lowest BCUT2D eigenvalue weighted by atomic mass is 9.97. The van der Waals surface area contributed by atoms with Crippen LogP contribution >= 0.6 is 0 Å². The van der Waals surface area contributed by atoms with Gasteiger partial charge in [-0.15, -0.1) is 0 Å². The Bertz CT molecular complexity index is 377. The summed E-state index contributed by atoms with van der Waals surface area (Å²) in [4.78, 5) is 11.9. The number of hydrogen-bond donors (Lipinski definition) is 2. The SMILES string of the molecule is CC1CNCC1C(=O)NCCCc1ccccc1. The molecule has 0 radical (unpaired) electrons. The van der Waals surface area contributed by atoms with E-state index in [1.54, 1.807) is 0 Å². The van der Waals surface area contributed by atoms with E-state index in [0.29, 0.717) is 5.92 Å². The van der Waals surface area contributed by atoms with Gasteiger partial charge in [0, 0.05) is 13.1 Å². The molecule has 1 aromatic carbocycles. The van der Waals surface area contributed by atoms with Crippen molar-refractivity contribution in [3.8, 4) is 0 Å². The number of aryl methyl sites for hydroxylation is 1. The Kier molecular flexibility index (Phi) is 4.76. The molecule has 1 fully saturated rings. The van der Waals surface area contributed by atoms with Crippen molar-refractivity contribution in [3.05, 3.63) is 35.9 Å². The Labute approximate surface area is 109 Å². The van der Waals surface area contributed by atoms with Crippen molar-refractivity contribution in [1.82, 2.24) is 10.6 Å². The summed E-state index contributed by atoms with van der Waals surface area (Å²) in [5.74, 6) is 0.821. The van der Waals surface area contributed by atoms with E-state index in [2.05, 4.69) is 41.8 Å². The normalized spacial score (nSPS) is 22.9. The molecule has 2 unspecified atom stereocenters. The molecule has 1 saturated heterocycles. The lowest BCUT2D eigenvalue weighted by molar-refractivity contribution is -0.125. The standard InChI is InChI=1S/C15H22N2O/c1-12-10-16-11-14(12)15(18)17-9-5-8-13-6-3-2-4-7-13/h2-4,6-7,12,14,16H,5,8-11H2,1H3,(H,17,18). The number of carbonyl (C=O) groups is 1. The fraction of sp³-hybridized carbons (Fsp3) is 0.533. The van der Waals surface area contributed by atoms with Crippen LogP contribution in [0.5, 0.6) is 0 Å². The Balaban J connectivity index is 1.65. The average Bonchev–Trinajstić information content (AvgIpc) is 2.82. The number of rotatable bonds is 5. The van der Waals surface area contributed by atoms with Crippen LogP contribution in [0.4, 0.5) is 0 Å². The zero-order valence-electron chi connectivity index (χ0n) is 11.0. The lowest BCUT2D eigenvalue weighted by Crippen LogP contribution is -2.35. The maximum Gasteiger partial charge on any atom is 0.224 e. The van der Waals surface area contributed by atoms with Gasteiger partial charge in [0.25, 0.3) is 0 Å². The van der Waals surface area contributed by atoms with Crippen molar-refractivity contribution in [3.63, 3.8) is 0 Å². The Hall–Kier alpha value is -1.35. The number of amides is 1. The molecule has 0 spiro atoms. The summed E-state index contributed by atoms with van der Waals surface area (Å²) in [6.45, 7) is 4.69. The molecule has 3 nitrogen and oxygen atoms in total. The van der Waals surface area contributed by atoms with Crippen LogP contribution in [0.15, 0.2) is 30.3 Å². The van der Waals surface area contributed by atoms with Gasteiger partial charge in [-0.2, -0.15) is 0 Å². The molecule has 1 amide bonds. The van der Waals surface area contributed by atoms with Crippen molar-refractivity contribution in [1.29, 1.82) is 0 Å². The highest BCUT2D eigenvalue weighted by Crippen LogP contribution is 2.15. The van der Waals surface area contributed by atoms with Crippen LogP contribution in [-0.2, 0) is 11.2 Å². The first kappa shape index (κ1) is 13.1. The van der Waals surface area contributed by atoms with Gasteiger partial charge in [-0.25, -0.2) is 0 Å². The minimum absolute atomic E-state index is 0.154. The molecule has 0 aromatic heterocycles. The summed E-state index contributed by atoms with van der Waals surface area (Å²) in [7, 11) is 0. The summed E-state index contributed by atoms with van der Waals surface area (Å²) in [6.07, 6.45) is 2.03. The van der Waals surface area contributed by atoms with Gasteiger partial charge in [0.05, 0.1) is 5.92 Å². The zero-order valence-corrected chi connectivity index (χ0v) is 11.0. The molecule has 2 N–H and O–H groups in total. The van der Waals surface area contributed by atoms with Gasteiger partial charge >= 0.3 is 0 Å². The molecule has 2 rings (SSSR count). The molecule has 1 aliphatic rings. The monoisotopic (exact) mass is 246 g/mol. The van der Waals surface area contributed by atoms with Crippen LogP contribution in [0.1, 0.15) is 18.9 Å². The molecule has 18 heavy (non-hydrogen) atoms. The maximum absolute atomic E-state index is 11.9. The van der Waals surface area contributed by atoms with E-state index >= 15 is 0 Å². The first-order valence-corrected chi connectivity index (χ1v) is 6.79. The molecule has 0 aliphatic carbocycles. The highest BCUT2D eigenvalue weighted by Gasteiger charge is 2.28. The van der Waals surface area contributed by atoms with Gasteiger partial charge in [-0.05, 0) is 30.9 Å². The number of benzene rings is 1. The minimum atomic E-state index is 0.154. The van der Waals surface area contributed by atoms with E-state index in [0.717, 1.165) is 32.5 Å². The van der Waals surface area contributed by atoms with E-state index in [-0.39, 0.29) is 11.8 Å². The second-order valence-corrected chi connectivity index (χ2v) is 5.12.